The number of nitrogens with zero attached hydrogens (tertiary/aromatic N) is 1. The molecular formula is C12H10BrNO3. The van der Waals surface area contributed by atoms with E-state index in [1.807, 2.05) is 24.3 Å². The van der Waals surface area contributed by atoms with Crippen LogP contribution in [0.3, 0.4) is 0 Å². The summed E-state index contributed by atoms with van der Waals surface area (Å²) in [6, 6.07) is 7.57. The maximum Gasteiger partial charge on any atom is 0.394 e. The van der Waals surface area contributed by atoms with Gasteiger partial charge in [0.25, 0.3) is 0 Å². The van der Waals surface area contributed by atoms with E-state index < -0.39 is 5.97 Å². The van der Waals surface area contributed by atoms with Gasteiger partial charge in [-0.3, -0.25) is 0 Å². The maximum absolute atomic E-state index is 11.4. The van der Waals surface area contributed by atoms with Crippen LogP contribution >= 0.6 is 15.9 Å². The highest BCUT2D eigenvalue weighted by Gasteiger charge is 2.14. The predicted molar refractivity (Wildman–Crippen MR) is 65.6 cm³/mol. The zero-order chi connectivity index (χ0) is 12.3. The van der Waals surface area contributed by atoms with Gasteiger partial charge in [0, 0.05) is 10.0 Å². The van der Waals surface area contributed by atoms with Crippen molar-refractivity contribution >= 4 is 21.9 Å². The van der Waals surface area contributed by atoms with Crippen LogP contribution in [0, 0.1) is 0 Å². The van der Waals surface area contributed by atoms with Crippen LogP contribution in [0.4, 0.5) is 0 Å². The molecule has 2 aromatic rings. The van der Waals surface area contributed by atoms with Gasteiger partial charge in [0.15, 0.2) is 0 Å². The largest absolute Gasteiger partial charge is 0.459 e. The van der Waals surface area contributed by atoms with Gasteiger partial charge in [-0.05, 0) is 19.1 Å². The summed E-state index contributed by atoms with van der Waals surface area (Å²) in [6.07, 6.45) is 1.44. The molecule has 1 heterocycles. The molecule has 0 fully saturated rings. The Morgan fingerprint density at radius 3 is 2.76 bits per heavy atom. The van der Waals surface area contributed by atoms with E-state index in [0.717, 1.165) is 10.0 Å². The molecule has 0 atom stereocenters. The van der Waals surface area contributed by atoms with Gasteiger partial charge < -0.3 is 9.15 Å². The normalized spacial score (nSPS) is 10.2. The summed E-state index contributed by atoms with van der Waals surface area (Å²) >= 11 is 3.35. The molecule has 5 heteroatoms. The van der Waals surface area contributed by atoms with Crippen molar-refractivity contribution in [2.24, 2.45) is 0 Å². The first-order valence-corrected chi connectivity index (χ1v) is 5.88. The van der Waals surface area contributed by atoms with Gasteiger partial charge in [0.1, 0.15) is 12.0 Å². The Balaban J connectivity index is 2.23. The average molecular weight is 296 g/mol. The van der Waals surface area contributed by atoms with Gasteiger partial charge in [-0.25, -0.2) is 9.78 Å². The fourth-order valence-corrected chi connectivity index (χ4v) is 1.58. The van der Waals surface area contributed by atoms with Crippen LogP contribution in [0.1, 0.15) is 17.6 Å². The number of esters is 1. The standard InChI is InChI=1S/C12H10BrNO3/c1-2-16-12(15)11-14-10(7-17-11)8-3-5-9(13)6-4-8/h3-7H,2H2,1H3. The first-order chi connectivity index (χ1) is 8.20. The lowest BCUT2D eigenvalue weighted by Crippen LogP contribution is -2.04. The molecule has 2 rings (SSSR count). The Labute approximate surface area is 107 Å². The first-order valence-electron chi connectivity index (χ1n) is 5.09. The lowest BCUT2D eigenvalue weighted by molar-refractivity contribution is 0.0481. The second-order valence-electron chi connectivity index (χ2n) is 3.27. The van der Waals surface area contributed by atoms with E-state index in [4.69, 9.17) is 9.15 Å². The summed E-state index contributed by atoms with van der Waals surface area (Å²) in [6.45, 7) is 2.03. The van der Waals surface area contributed by atoms with Crippen LogP contribution in [0.2, 0.25) is 0 Å². The molecule has 0 saturated carbocycles. The van der Waals surface area contributed by atoms with E-state index in [1.165, 1.54) is 6.26 Å². The molecule has 0 radical (unpaired) electrons. The number of hydrogen-bond acceptors (Lipinski definition) is 4. The number of rotatable bonds is 3. The minimum Gasteiger partial charge on any atom is -0.459 e. The van der Waals surface area contributed by atoms with Gasteiger partial charge in [-0.2, -0.15) is 0 Å². The first kappa shape index (κ1) is 11.9. The Hall–Kier alpha value is -1.62. The van der Waals surface area contributed by atoms with E-state index in [2.05, 4.69) is 20.9 Å². The number of aromatic nitrogens is 1. The smallest absolute Gasteiger partial charge is 0.394 e. The van der Waals surface area contributed by atoms with E-state index >= 15 is 0 Å². The zero-order valence-electron chi connectivity index (χ0n) is 9.14. The van der Waals surface area contributed by atoms with Gasteiger partial charge >= 0.3 is 11.9 Å². The van der Waals surface area contributed by atoms with Gasteiger partial charge in [0.2, 0.25) is 0 Å². The van der Waals surface area contributed by atoms with Crippen LogP contribution in [-0.2, 0) is 4.74 Å². The van der Waals surface area contributed by atoms with Gasteiger partial charge in [-0.1, -0.05) is 28.1 Å². The van der Waals surface area contributed by atoms with Crippen molar-refractivity contribution < 1.29 is 13.9 Å². The lowest BCUT2D eigenvalue weighted by Gasteiger charge is -1.96. The summed E-state index contributed by atoms with van der Waals surface area (Å²) < 4.78 is 10.8. The Kier molecular flexibility index (Phi) is 3.58. The average Bonchev–Trinajstić information content (AvgIpc) is 2.80. The third-order valence-corrected chi connectivity index (χ3v) is 2.62. The van der Waals surface area contributed by atoms with E-state index in [9.17, 15) is 4.79 Å². The molecule has 0 amide bonds. The van der Waals surface area contributed by atoms with Gasteiger partial charge in [0.05, 0.1) is 6.61 Å². The number of oxazole rings is 1. The fraction of sp³-hybridized carbons (Fsp3) is 0.167. The topological polar surface area (TPSA) is 52.3 Å². The van der Waals surface area contributed by atoms with E-state index in [0.29, 0.717) is 12.3 Å². The van der Waals surface area contributed by atoms with Crippen molar-refractivity contribution in [3.05, 3.63) is 40.9 Å². The molecule has 1 aromatic carbocycles. The van der Waals surface area contributed by atoms with Crippen molar-refractivity contribution in [2.45, 2.75) is 6.92 Å². The van der Waals surface area contributed by atoms with Crippen molar-refractivity contribution in [1.29, 1.82) is 0 Å². The number of ether oxygens (including phenoxy) is 1. The third kappa shape index (κ3) is 2.74. The highest BCUT2D eigenvalue weighted by molar-refractivity contribution is 9.10. The Bertz CT molecular complexity index is 519. The second-order valence-corrected chi connectivity index (χ2v) is 4.18. The molecular weight excluding hydrogens is 286 g/mol. The number of carbonyl (C=O) groups is 1. The summed E-state index contributed by atoms with van der Waals surface area (Å²) in [5.74, 6) is -0.569. The predicted octanol–water partition coefficient (Wildman–Crippen LogP) is 3.28. The molecule has 4 nitrogen and oxygen atoms in total. The summed E-state index contributed by atoms with van der Waals surface area (Å²) in [5.41, 5.74) is 1.49. The Morgan fingerprint density at radius 1 is 1.41 bits per heavy atom. The molecule has 1 aromatic heterocycles. The molecule has 0 unspecified atom stereocenters. The second kappa shape index (κ2) is 5.14. The summed E-state index contributed by atoms with van der Waals surface area (Å²) in [5, 5.41) is 0. The number of benzene rings is 1. The zero-order valence-corrected chi connectivity index (χ0v) is 10.7. The van der Waals surface area contributed by atoms with Crippen LogP contribution < -0.4 is 0 Å². The van der Waals surface area contributed by atoms with E-state index in [-0.39, 0.29) is 5.89 Å². The molecule has 0 spiro atoms. The SMILES string of the molecule is CCOC(=O)c1nc(-c2ccc(Br)cc2)co1. The van der Waals surface area contributed by atoms with Crippen molar-refractivity contribution in [1.82, 2.24) is 4.98 Å². The van der Waals surface area contributed by atoms with Crippen molar-refractivity contribution in [3.8, 4) is 11.3 Å². The third-order valence-electron chi connectivity index (χ3n) is 2.09. The molecule has 0 aliphatic carbocycles. The van der Waals surface area contributed by atoms with Crippen molar-refractivity contribution in [2.75, 3.05) is 6.61 Å². The monoisotopic (exact) mass is 295 g/mol. The minimum absolute atomic E-state index is 0.0234. The quantitative estimate of drug-likeness (QED) is 0.816. The molecule has 0 N–H and O–H groups in total. The molecule has 0 saturated heterocycles. The van der Waals surface area contributed by atoms with Crippen LogP contribution in [0.25, 0.3) is 11.3 Å². The highest BCUT2D eigenvalue weighted by atomic mass is 79.9. The highest BCUT2D eigenvalue weighted by Crippen LogP contribution is 2.21. The molecule has 0 bridgehead atoms. The molecule has 88 valence electrons. The van der Waals surface area contributed by atoms with Crippen LogP contribution in [0.15, 0.2) is 39.4 Å². The Morgan fingerprint density at radius 2 is 2.12 bits per heavy atom. The summed E-state index contributed by atoms with van der Waals surface area (Å²) in [7, 11) is 0. The number of carbonyl (C=O) groups excluding carboxylic acids is 1. The van der Waals surface area contributed by atoms with E-state index in [1.54, 1.807) is 6.92 Å². The van der Waals surface area contributed by atoms with Crippen LogP contribution in [0.5, 0.6) is 0 Å². The molecule has 0 aliphatic heterocycles. The van der Waals surface area contributed by atoms with Crippen molar-refractivity contribution in [3.63, 3.8) is 0 Å². The minimum atomic E-state index is -0.545. The van der Waals surface area contributed by atoms with Crippen LogP contribution in [-0.4, -0.2) is 17.6 Å². The number of hydrogen-bond donors (Lipinski definition) is 0. The molecule has 17 heavy (non-hydrogen) atoms. The molecule has 0 aliphatic rings. The summed E-state index contributed by atoms with van der Waals surface area (Å²) in [4.78, 5) is 15.4. The lowest BCUT2D eigenvalue weighted by atomic mass is 10.2. The number of halogens is 1. The maximum atomic E-state index is 11.4. The van der Waals surface area contributed by atoms with Gasteiger partial charge in [-0.15, -0.1) is 0 Å². The fourth-order valence-electron chi connectivity index (χ4n) is 1.31.